The Labute approximate surface area is 224 Å². The molecule has 0 aliphatic carbocycles. The van der Waals surface area contributed by atoms with E-state index in [2.05, 4.69) is 31.4 Å². The van der Waals surface area contributed by atoms with E-state index in [0.717, 1.165) is 39.0 Å². The molecule has 1 atom stereocenters. The molecule has 0 aliphatic rings. The first kappa shape index (κ1) is 23.8. The van der Waals surface area contributed by atoms with Gasteiger partial charge in [-0.25, -0.2) is 9.97 Å². The number of nitriles is 1. The first-order valence-electron chi connectivity index (χ1n) is 12.5. The van der Waals surface area contributed by atoms with Crippen LogP contribution in [0.4, 0.5) is 5.69 Å². The lowest BCUT2D eigenvalue weighted by Gasteiger charge is -2.16. The van der Waals surface area contributed by atoms with Gasteiger partial charge in [0.15, 0.2) is 0 Å². The summed E-state index contributed by atoms with van der Waals surface area (Å²) in [6.45, 7) is 0. The van der Waals surface area contributed by atoms with Gasteiger partial charge in [0.25, 0.3) is 5.91 Å². The van der Waals surface area contributed by atoms with E-state index in [1.807, 2.05) is 91.3 Å². The molecule has 0 saturated carbocycles. The summed E-state index contributed by atoms with van der Waals surface area (Å²) in [6, 6.07) is 28.9. The zero-order valence-electron chi connectivity index (χ0n) is 20.8. The Kier molecular flexibility index (Phi) is 6.38. The molecule has 3 heterocycles. The van der Waals surface area contributed by atoms with Crippen molar-refractivity contribution in [1.82, 2.24) is 24.7 Å². The van der Waals surface area contributed by atoms with Crippen molar-refractivity contribution in [1.29, 1.82) is 5.26 Å². The maximum absolute atomic E-state index is 13.1. The van der Waals surface area contributed by atoms with Gasteiger partial charge in [0.1, 0.15) is 12.0 Å². The highest BCUT2D eigenvalue weighted by Crippen LogP contribution is 2.28. The Morgan fingerprint density at radius 3 is 2.59 bits per heavy atom. The third-order valence-corrected chi connectivity index (χ3v) is 6.62. The van der Waals surface area contributed by atoms with E-state index in [1.54, 1.807) is 16.9 Å². The van der Waals surface area contributed by atoms with Crippen LogP contribution in [0.2, 0.25) is 0 Å². The number of rotatable bonds is 7. The fourth-order valence-corrected chi connectivity index (χ4v) is 4.65. The highest BCUT2D eigenvalue weighted by atomic mass is 16.1. The van der Waals surface area contributed by atoms with Gasteiger partial charge in [-0.3, -0.25) is 9.48 Å². The van der Waals surface area contributed by atoms with E-state index in [-0.39, 0.29) is 18.4 Å². The molecule has 39 heavy (non-hydrogen) atoms. The van der Waals surface area contributed by atoms with E-state index in [4.69, 9.17) is 0 Å². The summed E-state index contributed by atoms with van der Waals surface area (Å²) in [5, 5.41) is 18.0. The molecule has 0 bridgehead atoms. The number of anilines is 1. The first-order chi connectivity index (χ1) is 19.2. The SMILES string of the molecule is N#CCC(c1cccc(C(=O)Nc2ccc(-c3ccccc3)cc2)c1)n1cc(-c2ncnc3[nH]ccc23)cn1. The number of aromatic amines is 1. The number of benzene rings is 3. The van der Waals surface area contributed by atoms with Crippen LogP contribution in [-0.4, -0.2) is 30.6 Å². The lowest BCUT2D eigenvalue weighted by Crippen LogP contribution is -2.15. The normalized spacial score (nSPS) is 11.7. The van der Waals surface area contributed by atoms with Crippen LogP contribution in [0.3, 0.4) is 0 Å². The predicted octanol–water partition coefficient (Wildman–Crippen LogP) is 6.24. The first-order valence-corrected chi connectivity index (χ1v) is 12.5. The zero-order chi connectivity index (χ0) is 26.6. The number of aromatic nitrogens is 5. The van der Waals surface area contributed by atoms with Gasteiger partial charge in [0.05, 0.1) is 30.4 Å². The van der Waals surface area contributed by atoms with Gasteiger partial charge in [0.2, 0.25) is 0 Å². The summed E-state index contributed by atoms with van der Waals surface area (Å²) in [4.78, 5) is 24.9. The second kappa shape index (κ2) is 10.4. The Balaban J connectivity index is 1.23. The fraction of sp³-hybridized carbons (Fsp3) is 0.0645. The number of carbonyl (C=O) groups is 1. The van der Waals surface area contributed by atoms with E-state index >= 15 is 0 Å². The second-order valence-electron chi connectivity index (χ2n) is 9.07. The highest BCUT2D eigenvalue weighted by Gasteiger charge is 2.19. The van der Waals surface area contributed by atoms with Gasteiger partial charge >= 0.3 is 0 Å². The molecule has 6 aromatic rings. The highest BCUT2D eigenvalue weighted by molar-refractivity contribution is 6.04. The molecule has 8 nitrogen and oxygen atoms in total. The monoisotopic (exact) mass is 509 g/mol. The molecule has 0 fully saturated rings. The van der Waals surface area contributed by atoms with Crippen molar-refractivity contribution in [3.63, 3.8) is 0 Å². The van der Waals surface area contributed by atoms with Gasteiger partial charge in [-0.05, 0) is 47.0 Å². The predicted molar refractivity (Wildman–Crippen MR) is 150 cm³/mol. The Morgan fingerprint density at radius 2 is 1.77 bits per heavy atom. The molecule has 6 rings (SSSR count). The van der Waals surface area contributed by atoms with E-state index in [9.17, 15) is 10.1 Å². The quantitative estimate of drug-likeness (QED) is 0.264. The van der Waals surface area contributed by atoms with E-state index < -0.39 is 0 Å². The lowest BCUT2D eigenvalue weighted by atomic mass is 10.0. The summed E-state index contributed by atoms with van der Waals surface area (Å²) >= 11 is 0. The third-order valence-electron chi connectivity index (χ3n) is 6.62. The van der Waals surface area contributed by atoms with Crippen molar-refractivity contribution in [2.75, 3.05) is 5.32 Å². The Hall–Kier alpha value is -5.55. The minimum absolute atomic E-state index is 0.191. The van der Waals surface area contributed by atoms with Gasteiger partial charge in [-0.2, -0.15) is 10.4 Å². The minimum atomic E-state index is -0.370. The van der Waals surface area contributed by atoms with Crippen molar-refractivity contribution in [3.8, 4) is 28.5 Å². The van der Waals surface area contributed by atoms with Crippen molar-refractivity contribution < 1.29 is 4.79 Å². The van der Waals surface area contributed by atoms with Crippen molar-refractivity contribution >= 4 is 22.6 Å². The summed E-state index contributed by atoms with van der Waals surface area (Å²) in [5.41, 5.74) is 6.53. The standard InChI is InChI=1S/C31H23N7O/c32-15-13-28(38-19-25(18-36-38)29-27-14-16-33-30(27)35-20-34-29)23-7-4-8-24(17-23)31(39)37-26-11-9-22(10-12-26)21-5-2-1-3-6-21/h1-12,14,16-20,28H,13H2,(H,37,39)(H,33,34,35). The zero-order valence-corrected chi connectivity index (χ0v) is 20.8. The Morgan fingerprint density at radius 1 is 0.949 bits per heavy atom. The number of hydrogen-bond acceptors (Lipinski definition) is 5. The van der Waals surface area contributed by atoms with Crippen molar-refractivity contribution in [3.05, 3.63) is 121 Å². The summed E-state index contributed by atoms with van der Waals surface area (Å²) in [6.07, 6.45) is 7.12. The van der Waals surface area contributed by atoms with Crippen LogP contribution in [-0.2, 0) is 0 Å². The molecule has 2 N–H and O–H groups in total. The van der Waals surface area contributed by atoms with Crippen LogP contribution >= 0.6 is 0 Å². The van der Waals surface area contributed by atoms with Gasteiger partial charge in [-0.15, -0.1) is 0 Å². The minimum Gasteiger partial charge on any atom is -0.346 e. The smallest absolute Gasteiger partial charge is 0.255 e. The maximum Gasteiger partial charge on any atom is 0.255 e. The van der Waals surface area contributed by atoms with Crippen LogP contribution in [0.1, 0.15) is 28.4 Å². The third kappa shape index (κ3) is 4.89. The summed E-state index contributed by atoms with van der Waals surface area (Å²) in [5.74, 6) is -0.225. The second-order valence-corrected chi connectivity index (χ2v) is 9.07. The van der Waals surface area contributed by atoms with Crippen LogP contribution in [0.25, 0.3) is 33.4 Å². The van der Waals surface area contributed by atoms with Crippen molar-refractivity contribution in [2.45, 2.75) is 12.5 Å². The van der Waals surface area contributed by atoms with Gasteiger partial charge in [0, 0.05) is 34.6 Å². The molecular weight excluding hydrogens is 486 g/mol. The van der Waals surface area contributed by atoms with Gasteiger partial charge < -0.3 is 10.3 Å². The number of nitrogens with one attached hydrogen (secondary N) is 2. The number of nitrogens with zero attached hydrogens (tertiary/aromatic N) is 5. The van der Waals surface area contributed by atoms with Crippen molar-refractivity contribution in [2.24, 2.45) is 0 Å². The summed E-state index contributed by atoms with van der Waals surface area (Å²) < 4.78 is 1.75. The molecule has 0 spiro atoms. The molecule has 3 aromatic heterocycles. The summed E-state index contributed by atoms with van der Waals surface area (Å²) in [7, 11) is 0. The van der Waals surface area contributed by atoms with E-state index in [0.29, 0.717) is 11.3 Å². The van der Waals surface area contributed by atoms with Crippen LogP contribution in [0, 0.1) is 11.3 Å². The maximum atomic E-state index is 13.1. The average molecular weight is 510 g/mol. The number of carbonyl (C=O) groups excluding carboxylic acids is 1. The topological polar surface area (TPSA) is 112 Å². The molecule has 3 aromatic carbocycles. The molecule has 0 aliphatic heterocycles. The lowest BCUT2D eigenvalue weighted by molar-refractivity contribution is 0.102. The number of fused-ring (bicyclic) bond motifs is 1. The largest absolute Gasteiger partial charge is 0.346 e. The average Bonchev–Trinajstić information content (AvgIpc) is 3.67. The Bertz CT molecular complexity index is 1800. The molecule has 1 amide bonds. The van der Waals surface area contributed by atoms with Crippen LogP contribution in [0.15, 0.2) is 110 Å². The van der Waals surface area contributed by atoms with Crippen LogP contribution in [0.5, 0.6) is 0 Å². The van der Waals surface area contributed by atoms with Gasteiger partial charge in [-0.1, -0.05) is 54.6 Å². The fourth-order valence-electron chi connectivity index (χ4n) is 4.65. The molecule has 8 heteroatoms. The molecule has 1 unspecified atom stereocenters. The van der Waals surface area contributed by atoms with E-state index in [1.165, 1.54) is 6.33 Å². The van der Waals surface area contributed by atoms with Crippen LogP contribution < -0.4 is 5.32 Å². The number of amides is 1. The number of H-pyrrole nitrogens is 1. The molecule has 188 valence electrons. The number of hydrogen-bond donors (Lipinski definition) is 2. The molecular formula is C31H23N7O. The molecule has 0 radical (unpaired) electrons. The molecule has 0 saturated heterocycles.